The maximum Gasteiger partial charge on any atom is 0.336 e. The van der Waals surface area contributed by atoms with Gasteiger partial charge in [-0.3, -0.25) is 0 Å². The van der Waals surface area contributed by atoms with Crippen LogP contribution in [-0.4, -0.2) is 17.3 Å². The number of aliphatic hydroxyl groups is 1. The molecule has 0 aliphatic heterocycles. The Morgan fingerprint density at radius 3 is 2.78 bits per heavy atom. The van der Waals surface area contributed by atoms with E-state index in [1.165, 1.54) is 11.6 Å². The van der Waals surface area contributed by atoms with E-state index in [0.29, 0.717) is 24.4 Å². The van der Waals surface area contributed by atoms with Gasteiger partial charge in [-0.1, -0.05) is 23.8 Å². The molecule has 122 valence electrons. The highest BCUT2D eigenvalue weighted by Crippen LogP contribution is 2.20. The number of fused-ring (bicyclic) bond motifs is 1. The van der Waals surface area contributed by atoms with Gasteiger partial charge in [0.15, 0.2) is 0 Å². The van der Waals surface area contributed by atoms with Crippen LogP contribution in [0.2, 0.25) is 0 Å². The molecule has 0 aliphatic rings. The minimum Gasteiger partial charge on any atom is -0.493 e. The Hall–Kier alpha value is -2.33. The topological polar surface area (TPSA) is 59.7 Å². The summed E-state index contributed by atoms with van der Waals surface area (Å²) in [5.41, 5.74) is 0.341. The molecular weight excluding hydrogens is 292 g/mol. The van der Waals surface area contributed by atoms with Crippen molar-refractivity contribution in [3.63, 3.8) is 0 Å². The van der Waals surface area contributed by atoms with Crippen LogP contribution >= 0.6 is 0 Å². The minimum atomic E-state index is -0.935. The Morgan fingerprint density at radius 2 is 2.04 bits per heavy atom. The molecule has 23 heavy (non-hydrogen) atoms. The molecule has 1 heterocycles. The normalized spacial score (nSPS) is 13.9. The number of hydrogen-bond acceptors (Lipinski definition) is 4. The van der Waals surface area contributed by atoms with Crippen LogP contribution in [0.25, 0.3) is 11.0 Å². The molecule has 2 rings (SSSR count). The van der Waals surface area contributed by atoms with Crippen LogP contribution in [-0.2, 0) is 0 Å². The third-order valence-electron chi connectivity index (χ3n) is 3.36. The highest BCUT2D eigenvalue weighted by molar-refractivity contribution is 5.77. The van der Waals surface area contributed by atoms with Gasteiger partial charge in [-0.05, 0) is 39.0 Å². The summed E-state index contributed by atoms with van der Waals surface area (Å²) in [6.45, 7) is 6.10. The first-order valence-electron chi connectivity index (χ1n) is 7.58. The monoisotopic (exact) mass is 314 g/mol. The molecule has 0 saturated carbocycles. The first-order valence-corrected chi connectivity index (χ1v) is 7.58. The van der Waals surface area contributed by atoms with Gasteiger partial charge in [0.2, 0.25) is 0 Å². The average molecular weight is 314 g/mol. The Balaban J connectivity index is 1.97. The number of ether oxygens (including phenoxy) is 1. The lowest BCUT2D eigenvalue weighted by Crippen LogP contribution is -2.23. The lowest BCUT2D eigenvalue weighted by Gasteiger charge is -2.19. The quantitative estimate of drug-likeness (QED) is 0.650. The van der Waals surface area contributed by atoms with E-state index in [1.54, 1.807) is 25.1 Å². The lowest BCUT2D eigenvalue weighted by atomic mass is 10.0. The third-order valence-corrected chi connectivity index (χ3v) is 3.36. The SMILES string of the molecule is CC(C)=C/C=C/[C@@](C)(O)CCOc1ccc2ccc(=O)oc2c1. The van der Waals surface area contributed by atoms with Crippen LogP contribution in [0.1, 0.15) is 27.2 Å². The van der Waals surface area contributed by atoms with Gasteiger partial charge in [-0.2, -0.15) is 0 Å². The van der Waals surface area contributed by atoms with Gasteiger partial charge in [0.1, 0.15) is 11.3 Å². The molecule has 4 nitrogen and oxygen atoms in total. The van der Waals surface area contributed by atoms with Crippen molar-refractivity contribution in [2.45, 2.75) is 32.8 Å². The molecule has 1 aromatic heterocycles. The van der Waals surface area contributed by atoms with E-state index in [-0.39, 0.29) is 5.63 Å². The van der Waals surface area contributed by atoms with Gasteiger partial charge in [0, 0.05) is 23.9 Å². The van der Waals surface area contributed by atoms with Crippen molar-refractivity contribution in [1.29, 1.82) is 0 Å². The van der Waals surface area contributed by atoms with Crippen molar-refractivity contribution < 1.29 is 14.3 Å². The van der Waals surface area contributed by atoms with Crippen LogP contribution in [0.3, 0.4) is 0 Å². The Morgan fingerprint density at radius 1 is 1.30 bits per heavy atom. The highest BCUT2D eigenvalue weighted by Gasteiger charge is 2.15. The maximum absolute atomic E-state index is 11.2. The van der Waals surface area contributed by atoms with Gasteiger partial charge < -0.3 is 14.3 Å². The van der Waals surface area contributed by atoms with E-state index in [9.17, 15) is 9.90 Å². The summed E-state index contributed by atoms with van der Waals surface area (Å²) in [6, 6.07) is 8.43. The summed E-state index contributed by atoms with van der Waals surface area (Å²) in [4.78, 5) is 11.2. The van der Waals surface area contributed by atoms with Crippen molar-refractivity contribution >= 4 is 11.0 Å². The molecule has 0 fully saturated rings. The standard InChI is InChI=1S/C19H22O4/c1-14(2)5-4-10-19(3,21)11-12-22-16-8-6-15-7-9-18(20)23-17(15)13-16/h4-10,13,21H,11-12H2,1-3H3/b10-4+/t19-/m1/s1. The van der Waals surface area contributed by atoms with Crippen LogP contribution < -0.4 is 10.4 Å². The van der Waals surface area contributed by atoms with Crippen LogP contribution in [0.5, 0.6) is 5.75 Å². The number of allylic oxidation sites excluding steroid dienone is 3. The highest BCUT2D eigenvalue weighted by atomic mass is 16.5. The zero-order chi connectivity index (χ0) is 16.9. The first kappa shape index (κ1) is 17.0. The molecule has 2 aromatic rings. The molecule has 0 saturated heterocycles. The molecule has 0 spiro atoms. The first-order chi connectivity index (χ1) is 10.9. The molecule has 1 aromatic carbocycles. The average Bonchev–Trinajstić information content (AvgIpc) is 2.46. The smallest absolute Gasteiger partial charge is 0.336 e. The molecule has 0 bridgehead atoms. The zero-order valence-electron chi connectivity index (χ0n) is 13.7. The van der Waals surface area contributed by atoms with Crippen LogP contribution in [0, 0.1) is 0 Å². The number of rotatable bonds is 6. The van der Waals surface area contributed by atoms with Crippen LogP contribution in [0.4, 0.5) is 0 Å². The predicted octanol–water partition coefficient (Wildman–Crippen LogP) is 3.84. The fourth-order valence-corrected chi connectivity index (χ4v) is 2.04. The molecule has 0 amide bonds. The van der Waals surface area contributed by atoms with Crippen LogP contribution in [0.15, 0.2) is 63.3 Å². The largest absolute Gasteiger partial charge is 0.493 e. The van der Waals surface area contributed by atoms with E-state index in [2.05, 4.69) is 0 Å². The summed E-state index contributed by atoms with van der Waals surface area (Å²) in [7, 11) is 0. The Kier molecular flexibility index (Phi) is 5.40. The lowest BCUT2D eigenvalue weighted by molar-refractivity contribution is 0.0833. The third kappa shape index (κ3) is 5.42. The molecule has 0 unspecified atom stereocenters. The van der Waals surface area contributed by atoms with E-state index in [0.717, 1.165) is 5.39 Å². The van der Waals surface area contributed by atoms with E-state index in [1.807, 2.05) is 38.1 Å². The van der Waals surface area contributed by atoms with Gasteiger partial charge in [0.25, 0.3) is 0 Å². The number of benzene rings is 1. The Labute approximate surface area is 135 Å². The van der Waals surface area contributed by atoms with E-state index in [4.69, 9.17) is 9.15 Å². The van der Waals surface area contributed by atoms with Crippen molar-refractivity contribution in [2.75, 3.05) is 6.61 Å². The zero-order valence-corrected chi connectivity index (χ0v) is 13.7. The fourth-order valence-electron chi connectivity index (χ4n) is 2.04. The molecule has 1 N–H and O–H groups in total. The Bertz CT molecular complexity index is 777. The second-order valence-electron chi connectivity index (χ2n) is 6.01. The van der Waals surface area contributed by atoms with E-state index < -0.39 is 5.60 Å². The maximum atomic E-state index is 11.2. The van der Waals surface area contributed by atoms with Crippen molar-refractivity contribution in [3.8, 4) is 5.75 Å². The number of hydrogen-bond donors (Lipinski definition) is 1. The second-order valence-corrected chi connectivity index (χ2v) is 6.01. The van der Waals surface area contributed by atoms with Gasteiger partial charge >= 0.3 is 5.63 Å². The summed E-state index contributed by atoms with van der Waals surface area (Å²) in [6.07, 6.45) is 6.00. The summed E-state index contributed by atoms with van der Waals surface area (Å²) in [5.74, 6) is 0.607. The summed E-state index contributed by atoms with van der Waals surface area (Å²) < 4.78 is 10.8. The molecular formula is C19H22O4. The summed E-state index contributed by atoms with van der Waals surface area (Å²) >= 11 is 0. The fraction of sp³-hybridized carbons (Fsp3) is 0.316. The predicted molar refractivity (Wildman–Crippen MR) is 91.8 cm³/mol. The van der Waals surface area contributed by atoms with Gasteiger partial charge in [0.05, 0.1) is 12.2 Å². The molecule has 0 aliphatic carbocycles. The summed E-state index contributed by atoms with van der Waals surface area (Å²) in [5, 5.41) is 11.1. The molecule has 1 atom stereocenters. The molecule has 0 radical (unpaired) electrons. The van der Waals surface area contributed by atoms with Crippen molar-refractivity contribution in [1.82, 2.24) is 0 Å². The van der Waals surface area contributed by atoms with Gasteiger partial charge in [-0.15, -0.1) is 0 Å². The minimum absolute atomic E-state index is 0.356. The van der Waals surface area contributed by atoms with Crippen molar-refractivity contribution in [3.05, 3.63) is 64.6 Å². The second kappa shape index (κ2) is 7.29. The van der Waals surface area contributed by atoms with Crippen molar-refractivity contribution in [2.24, 2.45) is 0 Å². The van der Waals surface area contributed by atoms with Gasteiger partial charge in [-0.25, -0.2) is 4.79 Å². The molecule has 4 heteroatoms. The van der Waals surface area contributed by atoms with E-state index >= 15 is 0 Å².